The van der Waals surface area contributed by atoms with Crippen LogP contribution in [0.2, 0.25) is 0 Å². The van der Waals surface area contributed by atoms with E-state index in [1.54, 1.807) is 0 Å². The van der Waals surface area contributed by atoms with Gasteiger partial charge in [-0.3, -0.25) is 0 Å². The number of ether oxygens (including phenoxy) is 1. The van der Waals surface area contributed by atoms with Crippen molar-refractivity contribution in [2.24, 2.45) is 0 Å². The summed E-state index contributed by atoms with van der Waals surface area (Å²) in [7, 11) is 2.00. The molecule has 0 fully saturated rings. The van der Waals surface area contributed by atoms with Gasteiger partial charge in [0.2, 0.25) is 0 Å². The maximum absolute atomic E-state index is 5.39. The Hall–Kier alpha value is -0.570. The van der Waals surface area contributed by atoms with Crippen molar-refractivity contribution >= 4 is 12.4 Å². The van der Waals surface area contributed by atoms with Crippen molar-refractivity contribution in [1.82, 2.24) is 5.32 Å². The highest BCUT2D eigenvalue weighted by atomic mass is 35.5. The normalized spacial score (nSPS) is 15.6. The van der Waals surface area contributed by atoms with Crippen LogP contribution in [-0.2, 0) is 24.4 Å². The summed E-state index contributed by atoms with van der Waals surface area (Å²) in [5.74, 6) is 0. The van der Waals surface area contributed by atoms with Gasteiger partial charge in [-0.25, -0.2) is 0 Å². The monoisotopic (exact) mass is 227 g/mol. The fourth-order valence-electron chi connectivity index (χ4n) is 1.81. The molecule has 0 aromatic heterocycles. The van der Waals surface area contributed by atoms with Gasteiger partial charge in [0.25, 0.3) is 0 Å². The lowest BCUT2D eigenvalue weighted by Gasteiger charge is -2.10. The average molecular weight is 228 g/mol. The van der Waals surface area contributed by atoms with Gasteiger partial charge in [-0.1, -0.05) is 18.2 Å². The molecule has 0 aliphatic carbocycles. The van der Waals surface area contributed by atoms with E-state index in [-0.39, 0.29) is 12.4 Å². The van der Waals surface area contributed by atoms with Crippen LogP contribution in [0.15, 0.2) is 18.2 Å². The van der Waals surface area contributed by atoms with Gasteiger partial charge in [0.15, 0.2) is 0 Å². The first-order valence-electron chi connectivity index (χ1n) is 5.15. The van der Waals surface area contributed by atoms with Gasteiger partial charge in [0.05, 0.1) is 13.2 Å². The van der Waals surface area contributed by atoms with E-state index in [1.807, 2.05) is 7.05 Å². The number of rotatable bonds is 3. The number of halogens is 1. The number of hydrogen-bond donors (Lipinski definition) is 1. The first-order chi connectivity index (χ1) is 6.79. The summed E-state index contributed by atoms with van der Waals surface area (Å²) in [5, 5.41) is 3.25. The van der Waals surface area contributed by atoms with Gasteiger partial charge in [0, 0.05) is 6.04 Å². The molecule has 1 atom stereocenters. The molecule has 0 amide bonds. The first-order valence-corrected chi connectivity index (χ1v) is 5.15. The van der Waals surface area contributed by atoms with Crippen molar-refractivity contribution in [2.75, 3.05) is 7.05 Å². The predicted octanol–water partition coefficient (Wildman–Crippen LogP) is 2.29. The molecule has 1 heterocycles. The molecule has 3 heteroatoms. The Bertz CT molecular complexity index is 327. The summed E-state index contributed by atoms with van der Waals surface area (Å²) in [5.41, 5.74) is 4.12. The number of fused-ring (bicyclic) bond motifs is 1. The van der Waals surface area contributed by atoms with Crippen LogP contribution in [0.1, 0.15) is 23.6 Å². The Balaban J connectivity index is 0.00000112. The molecule has 0 radical (unpaired) electrons. The quantitative estimate of drug-likeness (QED) is 0.856. The van der Waals surface area contributed by atoms with Crippen molar-refractivity contribution in [3.05, 3.63) is 34.9 Å². The third kappa shape index (κ3) is 2.94. The van der Waals surface area contributed by atoms with Crippen LogP contribution in [0.5, 0.6) is 0 Å². The molecule has 0 spiro atoms. The Morgan fingerprint density at radius 1 is 1.33 bits per heavy atom. The van der Waals surface area contributed by atoms with E-state index in [1.165, 1.54) is 16.7 Å². The fourth-order valence-corrected chi connectivity index (χ4v) is 1.81. The molecule has 1 aromatic carbocycles. The molecule has 15 heavy (non-hydrogen) atoms. The molecular weight excluding hydrogens is 210 g/mol. The van der Waals surface area contributed by atoms with Crippen molar-refractivity contribution in [2.45, 2.75) is 32.6 Å². The largest absolute Gasteiger partial charge is 0.372 e. The van der Waals surface area contributed by atoms with Gasteiger partial charge in [0.1, 0.15) is 0 Å². The Morgan fingerprint density at radius 3 is 2.80 bits per heavy atom. The predicted molar refractivity (Wildman–Crippen MR) is 64.4 cm³/mol. The van der Waals surface area contributed by atoms with Gasteiger partial charge >= 0.3 is 0 Å². The van der Waals surface area contributed by atoms with Crippen LogP contribution < -0.4 is 5.32 Å². The van der Waals surface area contributed by atoms with Crippen LogP contribution in [0.25, 0.3) is 0 Å². The van der Waals surface area contributed by atoms with E-state index in [0.717, 1.165) is 19.6 Å². The molecule has 2 nitrogen and oxygen atoms in total. The van der Waals surface area contributed by atoms with Crippen molar-refractivity contribution in [1.29, 1.82) is 0 Å². The summed E-state index contributed by atoms with van der Waals surface area (Å²) >= 11 is 0. The Kier molecular flexibility index (Phi) is 4.58. The lowest BCUT2D eigenvalue weighted by atomic mass is 10.0. The molecule has 1 aliphatic heterocycles. The smallest absolute Gasteiger partial charge is 0.0725 e. The van der Waals surface area contributed by atoms with Crippen LogP contribution in [0, 0.1) is 0 Å². The molecule has 2 rings (SSSR count). The van der Waals surface area contributed by atoms with Gasteiger partial charge in [-0.05, 0) is 37.1 Å². The minimum absolute atomic E-state index is 0. The van der Waals surface area contributed by atoms with Crippen LogP contribution in [-0.4, -0.2) is 13.1 Å². The third-order valence-electron chi connectivity index (χ3n) is 2.82. The van der Waals surface area contributed by atoms with E-state index in [0.29, 0.717) is 6.04 Å². The Labute approximate surface area is 97.4 Å². The molecule has 0 saturated heterocycles. The average Bonchev–Trinajstić information content (AvgIpc) is 2.64. The Morgan fingerprint density at radius 2 is 2.07 bits per heavy atom. The minimum Gasteiger partial charge on any atom is -0.372 e. The fraction of sp³-hybridized carbons (Fsp3) is 0.500. The SMILES string of the molecule is CNC(C)Cc1ccc2c(c1)COC2.Cl. The molecule has 1 unspecified atom stereocenters. The van der Waals surface area contributed by atoms with E-state index in [4.69, 9.17) is 4.74 Å². The van der Waals surface area contributed by atoms with Gasteiger partial charge < -0.3 is 10.1 Å². The summed E-state index contributed by atoms with van der Waals surface area (Å²) in [6.45, 7) is 3.78. The van der Waals surface area contributed by atoms with E-state index in [9.17, 15) is 0 Å². The molecular formula is C12H18ClNO. The first kappa shape index (κ1) is 12.5. The van der Waals surface area contributed by atoms with Gasteiger partial charge in [-0.2, -0.15) is 0 Å². The minimum atomic E-state index is 0. The van der Waals surface area contributed by atoms with Gasteiger partial charge in [-0.15, -0.1) is 12.4 Å². The zero-order chi connectivity index (χ0) is 9.97. The van der Waals surface area contributed by atoms with E-state index < -0.39 is 0 Å². The number of likely N-dealkylation sites (N-methyl/N-ethyl adjacent to an activating group) is 1. The molecule has 1 N–H and O–H groups in total. The lowest BCUT2D eigenvalue weighted by molar-refractivity contribution is 0.134. The highest BCUT2D eigenvalue weighted by molar-refractivity contribution is 5.85. The van der Waals surface area contributed by atoms with Crippen molar-refractivity contribution in [3.8, 4) is 0 Å². The third-order valence-corrected chi connectivity index (χ3v) is 2.82. The van der Waals surface area contributed by atoms with Crippen LogP contribution in [0.4, 0.5) is 0 Å². The lowest BCUT2D eigenvalue weighted by Crippen LogP contribution is -2.23. The van der Waals surface area contributed by atoms with Crippen LogP contribution >= 0.6 is 12.4 Å². The highest BCUT2D eigenvalue weighted by Gasteiger charge is 2.11. The maximum atomic E-state index is 5.39. The summed E-state index contributed by atoms with van der Waals surface area (Å²) in [6.07, 6.45) is 1.09. The second kappa shape index (κ2) is 5.50. The van der Waals surface area contributed by atoms with Crippen molar-refractivity contribution < 1.29 is 4.74 Å². The standard InChI is InChI=1S/C12H17NO.ClH/c1-9(13-2)5-10-3-4-11-7-14-8-12(11)6-10;/h3-4,6,9,13H,5,7-8H2,1-2H3;1H. The number of benzene rings is 1. The second-order valence-corrected chi connectivity index (χ2v) is 3.99. The summed E-state index contributed by atoms with van der Waals surface area (Å²) < 4.78 is 5.39. The molecule has 0 saturated carbocycles. The topological polar surface area (TPSA) is 21.3 Å². The molecule has 84 valence electrons. The summed E-state index contributed by atoms with van der Waals surface area (Å²) in [4.78, 5) is 0. The van der Waals surface area contributed by atoms with E-state index >= 15 is 0 Å². The van der Waals surface area contributed by atoms with Crippen molar-refractivity contribution in [3.63, 3.8) is 0 Å². The van der Waals surface area contributed by atoms with E-state index in [2.05, 4.69) is 30.4 Å². The molecule has 0 bridgehead atoms. The highest BCUT2D eigenvalue weighted by Crippen LogP contribution is 2.21. The molecule has 1 aromatic rings. The van der Waals surface area contributed by atoms with Crippen LogP contribution in [0.3, 0.4) is 0 Å². The zero-order valence-electron chi connectivity index (χ0n) is 9.25. The number of hydrogen-bond acceptors (Lipinski definition) is 2. The maximum Gasteiger partial charge on any atom is 0.0725 e. The second-order valence-electron chi connectivity index (χ2n) is 3.99. The number of nitrogens with one attached hydrogen (secondary N) is 1. The zero-order valence-corrected chi connectivity index (χ0v) is 10.1. The molecule has 1 aliphatic rings. The summed E-state index contributed by atoms with van der Waals surface area (Å²) in [6, 6.07) is 7.22.